The van der Waals surface area contributed by atoms with Gasteiger partial charge in [-0.1, -0.05) is 6.07 Å². The van der Waals surface area contributed by atoms with E-state index in [4.69, 9.17) is 4.74 Å². The topological polar surface area (TPSA) is 65.9 Å². The third kappa shape index (κ3) is 4.91. The van der Waals surface area contributed by atoms with Crippen LogP contribution in [-0.2, 0) is 4.74 Å². The highest BCUT2D eigenvalue weighted by Gasteiger charge is 2.33. The van der Waals surface area contributed by atoms with Gasteiger partial charge >= 0.3 is 6.09 Å². The normalized spacial score (nSPS) is 20.8. The zero-order valence-electron chi connectivity index (χ0n) is 14.7. The van der Waals surface area contributed by atoms with E-state index in [2.05, 4.69) is 25.8 Å². The van der Waals surface area contributed by atoms with Gasteiger partial charge in [0, 0.05) is 31.9 Å². The zero-order chi connectivity index (χ0) is 17.9. The van der Waals surface area contributed by atoms with Gasteiger partial charge in [0.05, 0.1) is 12.6 Å². The molecule has 7 heteroatoms. The van der Waals surface area contributed by atoms with Gasteiger partial charge in [-0.25, -0.2) is 9.78 Å². The molecule has 1 saturated heterocycles. The molecule has 0 saturated carbocycles. The van der Waals surface area contributed by atoms with Crippen LogP contribution in [-0.4, -0.2) is 63.9 Å². The van der Waals surface area contributed by atoms with Gasteiger partial charge in [0.15, 0.2) is 0 Å². The van der Waals surface area contributed by atoms with Crippen molar-refractivity contribution in [3.8, 4) is 0 Å². The van der Waals surface area contributed by atoms with E-state index in [9.17, 15) is 9.90 Å². The van der Waals surface area contributed by atoms with Gasteiger partial charge in [-0.15, -0.1) is 0 Å². The molecule has 2 atom stereocenters. The predicted molar refractivity (Wildman–Crippen MR) is 95.7 cm³/mol. The van der Waals surface area contributed by atoms with Crippen LogP contribution in [0.1, 0.15) is 39.3 Å². The van der Waals surface area contributed by atoms with Gasteiger partial charge in [-0.05, 0) is 55.3 Å². The fraction of sp³-hybridized carbons (Fsp3) is 0.647. The lowest BCUT2D eigenvalue weighted by atomic mass is 10.1. The maximum atomic E-state index is 12.3. The van der Waals surface area contributed by atoms with Crippen molar-refractivity contribution in [2.24, 2.45) is 0 Å². The van der Waals surface area contributed by atoms with Crippen LogP contribution in [0.25, 0.3) is 0 Å². The van der Waals surface area contributed by atoms with Crippen LogP contribution in [0.5, 0.6) is 0 Å². The molecule has 1 amide bonds. The highest BCUT2D eigenvalue weighted by Crippen LogP contribution is 2.25. The third-order valence-corrected chi connectivity index (χ3v) is 4.50. The highest BCUT2D eigenvalue weighted by molar-refractivity contribution is 9.10. The molecule has 1 aliphatic heterocycles. The molecule has 2 unspecified atom stereocenters. The number of aliphatic hydroxyl groups is 1. The van der Waals surface area contributed by atoms with E-state index < -0.39 is 5.60 Å². The first kappa shape index (κ1) is 19.1. The molecule has 134 valence electrons. The Balaban J connectivity index is 2.03. The van der Waals surface area contributed by atoms with E-state index in [-0.39, 0.29) is 24.8 Å². The van der Waals surface area contributed by atoms with Crippen molar-refractivity contribution in [1.82, 2.24) is 14.8 Å². The molecule has 1 aromatic heterocycles. The fourth-order valence-corrected chi connectivity index (χ4v) is 3.11. The van der Waals surface area contributed by atoms with Gasteiger partial charge in [0.1, 0.15) is 10.2 Å². The number of pyridine rings is 1. The first-order valence-electron chi connectivity index (χ1n) is 8.17. The van der Waals surface area contributed by atoms with Crippen LogP contribution < -0.4 is 0 Å². The van der Waals surface area contributed by atoms with E-state index in [1.54, 1.807) is 11.1 Å². The lowest BCUT2D eigenvalue weighted by Gasteiger charge is -2.43. The number of amides is 1. The molecule has 2 heterocycles. The molecule has 24 heavy (non-hydrogen) atoms. The Morgan fingerprint density at radius 1 is 1.46 bits per heavy atom. The molecule has 6 nitrogen and oxygen atoms in total. The smallest absolute Gasteiger partial charge is 0.410 e. The molecule has 1 aliphatic rings. The maximum Gasteiger partial charge on any atom is 0.410 e. The molecule has 0 radical (unpaired) electrons. The largest absolute Gasteiger partial charge is 0.444 e. The molecule has 1 fully saturated rings. The standard InChI is InChI=1S/C17H26BrN3O3/c1-12-10-20(7-8-21(12)16(23)24-17(2,3)4)14(11-22)13-5-6-15(18)19-9-13/h5-6,9,12,14,22H,7-8,10-11H2,1-4H3. The van der Waals surface area contributed by atoms with Crippen LogP contribution in [0.2, 0.25) is 0 Å². The Labute approximate surface area is 151 Å². The molecule has 1 aromatic rings. The maximum absolute atomic E-state index is 12.3. The lowest BCUT2D eigenvalue weighted by Crippen LogP contribution is -2.55. The number of carbonyl (C=O) groups is 1. The van der Waals surface area contributed by atoms with Gasteiger partial charge < -0.3 is 14.7 Å². The highest BCUT2D eigenvalue weighted by atomic mass is 79.9. The van der Waals surface area contributed by atoms with Crippen molar-refractivity contribution in [3.05, 3.63) is 28.5 Å². The number of nitrogens with zero attached hydrogens (tertiary/aromatic N) is 3. The Bertz CT molecular complexity index is 559. The summed E-state index contributed by atoms with van der Waals surface area (Å²) in [6.07, 6.45) is 1.50. The number of aromatic nitrogens is 1. The lowest BCUT2D eigenvalue weighted by molar-refractivity contribution is -0.00910. The number of aliphatic hydroxyl groups excluding tert-OH is 1. The molecular weight excluding hydrogens is 374 g/mol. The summed E-state index contributed by atoms with van der Waals surface area (Å²) in [4.78, 5) is 20.5. The van der Waals surface area contributed by atoms with Crippen molar-refractivity contribution >= 4 is 22.0 Å². The number of ether oxygens (including phenoxy) is 1. The Morgan fingerprint density at radius 3 is 2.67 bits per heavy atom. The average molecular weight is 400 g/mol. The summed E-state index contributed by atoms with van der Waals surface area (Å²) in [6.45, 7) is 9.57. The van der Waals surface area contributed by atoms with Crippen molar-refractivity contribution < 1.29 is 14.6 Å². The Hall–Kier alpha value is -1.18. The number of carbonyl (C=O) groups excluding carboxylic acids is 1. The quantitative estimate of drug-likeness (QED) is 0.791. The predicted octanol–water partition coefficient (Wildman–Crippen LogP) is 2.82. The SMILES string of the molecule is CC1CN(C(CO)c2ccc(Br)nc2)CCN1C(=O)OC(C)(C)C. The molecule has 2 rings (SSSR count). The van der Waals surface area contributed by atoms with Crippen molar-refractivity contribution in [1.29, 1.82) is 0 Å². The summed E-state index contributed by atoms with van der Waals surface area (Å²) < 4.78 is 6.24. The summed E-state index contributed by atoms with van der Waals surface area (Å²) in [6, 6.07) is 3.74. The summed E-state index contributed by atoms with van der Waals surface area (Å²) >= 11 is 3.32. The monoisotopic (exact) mass is 399 g/mol. The van der Waals surface area contributed by atoms with E-state index in [0.717, 1.165) is 10.2 Å². The fourth-order valence-electron chi connectivity index (χ4n) is 2.88. The zero-order valence-corrected chi connectivity index (χ0v) is 16.3. The molecular formula is C17H26BrN3O3. The first-order chi connectivity index (χ1) is 11.2. The number of hydrogen-bond acceptors (Lipinski definition) is 5. The van der Waals surface area contributed by atoms with Gasteiger partial charge in [0.25, 0.3) is 0 Å². The van der Waals surface area contributed by atoms with Crippen molar-refractivity contribution in [2.75, 3.05) is 26.2 Å². The minimum absolute atomic E-state index is 0.0163. The van der Waals surface area contributed by atoms with E-state index >= 15 is 0 Å². The van der Waals surface area contributed by atoms with E-state index in [1.807, 2.05) is 39.8 Å². The van der Waals surface area contributed by atoms with Crippen LogP contribution in [0.15, 0.2) is 22.9 Å². The number of halogens is 1. The third-order valence-electron chi connectivity index (χ3n) is 4.04. The second-order valence-corrected chi connectivity index (χ2v) is 7.94. The minimum Gasteiger partial charge on any atom is -0.444 e. The minimum atomic E-state index is -0.495. The Morgan fingerprint density at radius 2 is 2.17 bits per heavy atom. The van der Waals surface area contributed by atoms with E-state index in [0.29, 0.717) is 19.6 Å². The summed E-state index contributed by atoms with van der Waals surface area (Å²) in [5.41, 5.74) is 0.476. The molecule has 1 N–H and O–H groups in total. The molecule has 0 spiro atoms. The van der Waals surface area contributed by atoms with Gasteiger partial charge in [-0.3, -0.25) is 4.90 Å². The van der Waals surface area contributed by atoms with Crippen molar-refractivity contribution in [3.63, 3.8) is 0 Å². The summed E-state index contributed by atoms with van der Waals surface area (Å²) in [5.74, 6) is 0. The second-order valence-electron chi connectivity index (χ2n) is 7.13. The van der Waals surface area contributed by atoms with Crippen LogP contribution in [0.4, 0.5) is 4.79 Å². The van der Waals surface area contributed by atoms with Crippen LogP contribution in [0.3, 0.4) is 0 Å². The summed E-state index contributed by atoms with van der Waals surface area (Å²) in [7, 11) is 0. The molecule has 0 aromatic carbocycles. The van der Waals surface area contributed by atoms with Crippen LogP contribution in [0, 0.1) is 0 Å². The first-order valence-corrected chi connectivity index (χ1v) is 8.96. The van der Waals surface area contributed by atoms with Gasteiger partial charge in [0.2, 0.25) is 0 Å². The number of rotatable bonds is 3. The number of hydrogen-bond donors (Lipinski definition) is 1. The van der Waals surface area contributed by atoms with Gasteiger partial charge in [-0.2, -0.15) is 0 Å². The van der Waals surface area contributed by atoms with Crippen molar-refractivity contribution in [2.45, 2.75) is 45.4 Å². The Kier molecular flexibility index (Phi) is 6.22. The number of piperazine rings is 1. The molecule has 0 aliphatic carbocycles. The molecule has 0 bridgehead atoms. The average Bonchev–Trinajstić information content (AvgIpc) is 2.48. The second kappa shape index (κ2) is 7.80. The summed E-state index contributed by atoms with van der Waals surface area (Å²) in [5, 5.41) is 9.83. The van der Waals surface area contributed by atoms with Crippen LogP contribution >= 0.6 is 15.9 Å². The van der Waals surface area contributed by atoms with E-state index in [1.165, 1.54) is 0 Å².